The van der Waals surface area contributed by atoms with E-state index < -0.39 is 0 Å². The number of hydrogen-bond donors (Lipinski definition) is 2. The van der Waals surface area contributed by atoms with Crippen LogP contribution in [0, 0.1) is 0 Å². The standard InChI is InChI=1S/C20H22N4O2/c1-20(2,3)24-19(25)23-18-15(14-7-5-6-8-17(14)26-4)11-13-12-21-10-9-16(13)22-18/h5-12H,1-4H3,(H2,22,23,24,25). The molecule has 3 aromatic rings. The second-order valence-corrected chi connectivity index (χ2v) is 6.98. The predicted octanol–water partition coefficient (Wildman–Crippen LogP) is 4.23. The fraction of sp³-hybridized carbons (Fsp3) is 0.250. The first-order valence-corrected chi connectivity index (χ1v) is 8.35. The number of carbonyl (C=O) groups is 1. The van der Waals surface area contributed by atoms with E-state index in [1.54, 1.807) is 19.5 Å². The lowest BCUT2D eigenvalue weighted by Gasteiger charge is -2.21. The number of nitrogens with zero attached hydrogens (tertiary/aromatic N) is 2. The Labute approximate surface area is 152 Å². The average molecular weight is 350 g/mol. The number of pyridine rings is 2. The van der Waals surface area contributed by atoms with Crippen molar-refractivity contribution in [2.45, 2.75) is 26.3 Å². The highest BCUT2D eigenvalue weighted by Crippen LogP contribution is 2.35. The molecule has 6 heteroatoms. The van der Waals surface area contributed by atoms with Crippen molar-refractivity contribution in [3.05, 3.63) is 48.8 Å². The molecule has 0 bridgehead atoms. The SMILES string of the molecule is COc1ccccc1-c1cc2cnccc2nc1NC(=O)NC(C)(C)C. The average Bonchev–Trinajstić information content (AvgIpc) is 2.59. The molecule has 26 heavy (non-hydrogen) atoms. The van der Waals surface area contributed by atoms with E-state index >= 15 is 0 Å². The van der Waals surface area contributed by atoms with Gasteiger partial charge in [-0.15, -0.1) is 0 Å². The van der Waals surface area contributed by atoms with Gasteiger partial charge in [-0.3, -0.25) is 10.3 Å². The second kappa shape index (κ2) is 7.00. The van der Waals surface area contributed by atoms with Gasteiger partial charge in [-0.2, -0.15) is 0 Å². The minimum Gasteiger partial charge on any atom is -0.496 e. The predicted molar refractivity (Wildman–Crippen MR) is 103 cm³/mol. The zero-order valence-electron chi connectivity index (χ0n) is 15.3. The van der Waals surface area contributed by atoms with Crippen LogP contribution in [0.3, 0.4) is 0 Å². The van der Waals surface area contributed by atoms with Crippen LogP contribution in [0.15, 0.2) is 48.8 Å². The molecule has 0 unspecified atom stereocenters. The smallest absolute Gasteiger partial charge is 0.320 e. The molecule has 2 N–H and O–H groups in total. The van der Waals surface area contributed by atoms with Gasteiger partial charge >= 0.3 is 6.03 Å². The lowest BCUT2D eigenvalue weighted by atomic mass is 10.0. The molecule has 2 aromatic heterocycles. The number of benzene rings is 1. The van der Waals surface area contributed by atoms with Crippen molar-refractivity contribution in [3.63, 3.8) is 0 Å². The van der Waals surface area contributed by atoms with Crippen LogP contribution >= 0.6 is 0 Å². The molecule has 0 saturated heterocycles. The lowest BCUT2D eigenvalue weighted by molar-refractivity contribution is 0.243. The van der Waals surface area contributed by atoms with Gasteiger partial charge in [0, 0.05) is 34.4 Å². The fourth-order valence-electron chi connectivity index (χ4n) is 2.66. The third-order valence-corrected chi connectivity index (χ3v) is 3.73. The molecule has 0 aliphatic rings. The molecular formula is C20H22N4O2. The summed E-state index contributed by atoms with van der Waals surface area (Å²) >= 11 is 0. The van der Waals surface area contributed by atoms with E-state index in [9.17, 15) is 4.79 Å². The van der Waals surface area contributed by atoms with Gasteiger partial charge in [-0.05, 0) is 39.0 Å². The van der Waals surface area contributed by atoms with E-state index in [0.717, 1.165) is 22.0 Å². The van der Waals surface area contributed by atoms with E-state index in [-0.39, 0.29) is 11.6 Å². The number of amides is 2. The normalized spacial score (nSPS) is 11.2. The van der Waals surface area contributed by atoms with Gasteiger partial charge in [0.2, 0.25) is 0 Å². The Hall–Kier alpha value is -3.15. The summed E-state index contributed by atoms with van der Waals surface area (Å²) < 4.78 is 5.48. The van der Waals surface area contributed by atoms with Crippen molar-refractivity contribution >= 4 is 22.8 Å². The molecule has 2 heterocycles. The number of fused-ring (bicyclic) bond motifs is 1. The summed E-state index contributed by atoms with van der Waals surface area (Å²) in [6, 6.07) is 11.1. The molecule has 2 amide bonds. The van der Waals surface area contributed by atoms with Crippen LogP contribution in [0.5, 0.6) is 5.75 Å². The fourth-order valence-corrected chi connectivity index (χ4v) is 2.66. The summed E-state index contributed by atoms with van der Waals surface area (Å²) in [5.74, 6) is 1.17. The van der Waals surface area contributed by atoms with Crippen LogP contribution in [0.1, 0.15) is 20.8 Å². The topological polar surface area (TPSA) is 76.1 Å². The van der Waals surface area contributed by atoms with Gasteiger partial charge in [0.05, 0.1) is 12.6 Å². The Balaban J connectivity index is 2.12. The van der Waals surface area contributed by atoms with Crippen LogP contribution in [0.4, 0.5) is 10.6 Å². The molecule has 0 fully saturated rings. The number of rotatable bonds is 3. The summed E-state index contributed by atoms with van der Waals surface area (Å²) in [6.07, 6.45) is 3.43. The van der Waals surface area contributed by atoms with Crippen LogP contribution < -0.4 is 15.4 Å². The molecule has 134 valence electrons. The van der Waals surface area contributed by atoms with E-state index in [4.69, 9.17) is 4.74 Å². The van der Waals surface area contributed by atoms with Gasteiger partial charge in [0.15, 0.2) is 0 Å². The summed E-state index contributed by atoms with van der Waals surface area (Å²) in [5, 5.41) is 6.65. The first-order chi connectivity index (χ1) is 12.4. The molecule has 6 nitrogen and oxygen atoms in total. The van der Waals surface area contributed by atoms with Crippen molar-refractivity contribution in [1.29, 1.82) is 0 Å². The number of carbonyl (C=O) groups excluding carboxylic acids is 1. The first-order valence-electron chi connectivity index (χ1n) is 8.35. The van der Waals surface area contributed by atoms with Gasteiger partial charge in [0.25, 0.3) is 0 Å². The lowest BCUT2D eigenvalue weighted by Crippen LogP contribution is -2.43. The number of urea groups is 1. The van der Waals surface area contributed by atoms with Crippen LogP contribution in [-0.2, 0) is 0 Å². The van der Waals surface area contributed by atoms with Crippen molar-refractivity contribution in [3.8, 4) is 16.9 Å². The van der Waals surface area contributed by atoms with Crippen molar-refractivity contribution in [1.82, 2.24) is 15.3 Å². The molecule has 3 rings (SSSR count). The third-order valence-electron chi connectivity index (χ3n) is 3.73. The molecule has 0 radical (unpaired) electrons. The molecule has 0 aliphatic heterocycles. The third kappa shape index (κ3) is 3.91. The number of nitrogens with one attached hydrogen (secondary N) is 2. The maximum Gasteiger partial charge on any atom is 0.320 e. The molecule has 0 atom stereocenters. The second-order valence-electron chi connectivity index (χ2n) is 6.98. The Morgan fingerprint density at radius 1 is 1.12 bits per heavy atom. The Morgan fingerprint density at radius 3 is 2.62 bits per heavy atom. The minimum absolute atomic E-state index is 0.311. The molecular weight excluding hydrogens is 328 g/mol. The maximum atomic E-state index is 12.4. The highest BCUT2D eigenvalue weighted by molar-refractivity contribution is 5.97. The van der Waals surface area contributed by atoms with Crippen molar-refractivity contribution in [2.75, 3.05) is 12.4 Å². The largest absolute Gasteiger partial charge is 0.496 e. The molecule has 1 aromatic carbocycles. The van der Waals surface area contributed by atoms with Gasteiger partial charge in [0.1, 0.15) is 11.6 Å². The zero-order chi connectivity index (χ0) is 18.7. The van der Waals surface area contributed by atoms with Gasteiger partial charge in [-0.25, -0.2) is 9.78 Å². The Kier molecular flexibility index (Phi) is 4.75. The number of aromatic nitrogens is 2. The van der Waals surface area contributed by atoms with Gasteiger partial charge < -0.3 is 10.1 Å². The number of hydrogen-bond acceptors (Lipinski definition) is 4. The van der Waals surface area contributed by atoms with E-state index in [1.165, 1.54) is 0 Å². The van der Waals surface area contributed by atoms with Crippen molar-refractivity contribution in [2.24, 2.45) is 0 Å². The highest BCUT2D eigenvalue weighted by Gasteiger charge is 2.18. The number of para-hydroxylation sites is 1. The number of anilines is 1. The number of methoxy groups -OCH3 is 1. The van der Waals surface area contributed by atoms with Crippen LogP contribution in [-0.4, -0.2) is 28.6 Å². The number of ether oxygens (including phenoxy) is 1. The summed E-state index contributed by atoms with van der Waals surface area (Å²) in [6.45, 7) is 5.77. The molecule has 0 saturated carbocycles. The van der Waals surface area contributed by atoms with Gasteiger partial charge in [-0.1, -0.05) is 18.2 Å². The highest BCUT2D eigenvalue weighted by atomic mass is 16.5. The quantitative estimate of drug-likeness (QED) is 0.741. The minimum atomic E-state index is -0.352. The monoisotopic (exact) mass is 350 g/mol. The summed E-state index contributed by atoms with van der Waals surface area (Å²) in [4.78, 5) is 21.2. The van der Waals surface area contributed by atoms with E-state index in [1.807, 2.05) is 57.2 Å². The first kappa shape index (κ1) is 17.7. The summed E-state index contributed by atoms with van der Waals surface area (Å²) in [5.41, 5.74) is 2.02. The van der Waals surface area contributed by atoms with E-state index in [2.05, 4.69) is 20.6 Å². The molecule has 0 aliphatic carbocycles. The van der Waals surface area contributed by atoms with Crippen molar-refractivity contribution < 1.29 is 9.53 Å². The Morgan fingerprint density at radius 2 is 1.88 bits per heavy atom. The zero-order valence-corrected chi connectivity index (χ0v) is 15.3. The Bertz CT molecular complexity index is 948. The molecule has 0 spiro atoms. The van der Waals surface area contributed by atoms with Crippen LogP contribution in [0.2, 0.25) is 0 Å². The summed E-state index contributed by atoms with van der Waals surface area (Å²) in [7, 11) is 1.62. The maximum absolute atomic E-state index is 12.4. The van der Waals surface area contributed by atoms with E-state index in [0.29, 0.717) is 11.6 Å². The van der Waals surface area contributed by atoms with Crippen LogP contribution in [0.25, 0.3) is 22.0 Å².